The van der Waals surface area contributed by atoms with Crippen LogP contribution in [0.3, 0.4) is 0 Å². The van der Waals surface area contributed by atoms with Crippen molar-refractivity contribution in [2.45, 2.75) is 6.42 Å². The van der Waals surface area contributed by atoms with Crippen molar-refractivity contribution in [3.8, 4) is 0 Å². The summed E-state index contributed by atoms with van der Waals surface area (Å²) in [4.78, 5) is 24.9. The number of rotatable bonds is 1. The quantitative estimate of drug-likeness (QED) is 0.563. The molecule has 0 radical (unpaired) electrons. The molecule has 1 aromatic carbocycles. The molecule has 5 rings (SSSR count). The van der Waals surface area contributed by atoms with Crippen LogP contribution in [0.4, 0.5) is 10.2 Å². The molecule has 138 valence electrons. The van der Waals surface area contributed by atoms with Crippen LogP contribution in [0, 0.1) is 5.82 Å². The Morgan fingerprint density at radius 2 is 1.93 bits per heavy atom. The Balaban J connectivity index is 1.75. The Morgan fingerprint density at radius 1 is 1.04 bits per heavy atom. The minimum absolute atomic E-state index is 0.204. The van der Waals surface area contributed by atoms with Crippen LogP contribution in [0.5, 0.6) is 0 Å². The molecule has 0 bridgehead atoms. The molecule has 0 atom stereocenters. The van der Waals surface area contributed by atoms with Crippen molar-refractivity contribution in [3.63, 3.8) is 0 Å². The summed E-state index contributed by atoms with van der Waals surface area (Å²) in [6, 6.07) is 10.1. The van der Waals surface area contributed by atoms with E-state index in [0.29, 0.717) is 22.1 Å². The van der Waals surface area contributed by atoms with E-state index in [-0.39, 0.29) is 11.4 Å². The van der Waals surface area contributed by atoms with Crippen molar-refractivity contribution >= 4 is 33.4 Å². The van der Waals surface area contributed by atoms with Crippen molar-refractivity contribution < 1.29 is 4.39 Å². The highest BCUT2D eigenvalue weighted by Gasteiger charge is 2.16. The third kappa shape index (κ3) is 2.66. The molecule has 1 saturated heterocycles. The second-order valence-corrected chi connectivity index (χ2v) is 7.21. The van der Waals surface area contributed by atoms with Gasteiger partial charge in [-0.25, -0.2) is 9.37 Å². The number of nitrogens with one attached hydrogen (secondary N) is 1. The molecule has 3 aromatic heterocycles. The molecule has 1 aliphatic heterocycles. The van der Waals surface area contributed by atoms with Gasteiger partial charge in [0.15, 0.2) is 5.65 Å². The molecular formula is C20H20FN5O. The first kappa shape index (κ1) is 16.3. The number of aromatic amines is 1. The smallest absolute Gasteiger partial charge is 0.272 e. The van der Waals surface area contributed by atoms with E-state index in [4.69, 9.17) is 4.98 Å². The SMILES string of the molecule is CN1CCCN(c2ccc3[nH]c(=O)c4cc5cc(F)ccc5n4c3n2)CC1. The van der Waals surface area contributed by atoms with Gasteiger partial charge in [-0.2, -0.15) is 0 Å². The minimum atomic E-state index is -0.318. The molecule has 0 aliphatic carbocycles. The van der Waals surface area contributed by atoms with Gasteiger partial charge in [-0.1, -0.05) is 0 Å². The molecule has 1 aliphatic rings. The van der Waals surface area contributed by atoms with Crippen molar-refractivity contribution in [1.82, 2.24) is 19.3 Å². The van der Waals surface area contributed by atoms with E-state index < -0.39 is 0 Å². The van der Waals surface area contributed by atoms with Gasteiger partial charge in [0.1, 0.15) is 17.2 Å². The summed E-state index contributed by atoms with van der Waals surface area (Å²) >= 11 is 0. The number of anilines is 1. The fraction of sp³-hybridized carbons (Fsp3) is 0.300. The van der Waals surface area contributed by atoms with Gasteiger partial charge in [0, 0.05) is 25.0 Å². The number of hydrogen-bond acceptors (Lipinski definition) is 4. The predicted octanol–water partition coefficient (Wildman–Crippen LogP) is 2.61. The van der Waals surface area contributed by atoms with Gasteiger partial charge >= 0.3 is 0 Å². The topological polar surface area (TPSA) is 56.6 Å². The number of H-pyrrole nitrogens is 1. The number of benzene rings is 1. The van der Waals surface area contributed by atoms with Crippen molar-refractivity contribution in [1.29, 1.82) is 0 Å². The monoisotopic (exact) mass is 365 g/mol. The molecule has 27 heavy (non-hydrogen) atoms. The lowest BCUT2D eigenvalue weighted by Gasteiger charge is -2.22. The second kappa shape index (κ2) is 6.06. The minimum Gasteiger partial charge on any atom is -0.355 e. The number of likely N-dealkylation sites (N-methyl/N-ethyl adjacent to an activating group) is 1. The fourth-order valence-electron chi connectivity index (χ4n) is 3.93. The van der Waals surface area contributed by atoms with Crippen molar-refractivity contribution in [2.75, 3.05) is 38.1 Å². The van der Waals surface area contributed by atoms with Crippen LogP contribution < -0.4 is 10.5 Å². The highest BCUT2D eigenvalue weighted by molar-refractivity contribution is 5.92. The molecule has 0 unspecified atom stereocenters. The summed E-state index contributed by atoms with van der Waals surface area (Å²) in [5.41, 5.74) is 2.41. The van der Waals surface area contributed by atoms with Crippen LogP contribution in [-0.4, -0.2) is 52.5 Å². The van der Waals surface area contributed by atoms with Crippen LogP contribution in [0.1, 0.15) is 6.42 Å². The Labute approximate surface area is 154 Å². The maximum Gasteiger partial charge on any atom is 0.272 e. The molecule has 1 N–H and O–H groups in total. The Morgan fingerprint density at radius 3 is 2.81 bits per heavy atom. The summed E-state index contributed by atoms with van der Waals surface area (Å²) in [5, 5.41) is 0.691. The summed E-state index contributed by atoms with van der Waals surface area (Å²) < 4.78 is 15.5. The largest absolute Gasteiger partial charge is 0.355 e. The number of halogens is 1. The Bertz CT molecular complexity index is 1230. The van der Waals surface area contributed by atoms with E-state index in [1.807, 2.05) is 16.5 Å². The molecule has 7 heteroatoms. The van der Waals surface area contributed by atoms with Crippen LogP contribution >= 0.6 is 0 Å². The predicted molar refractivity (Wildman–Crippen MR) is 105 cm³/mol. The molecule has 0 saturated carbocycles. The lowest BCUT2D eigenvalue weighted by atomic mass is 10.2. The van der Waals surface area contributed by atoms with E-state index in [0.717, 1.165) is 43.9 Å². The lowest BCUT2D eigenvalue weighted by Crippen LogP contribution is -2.29. The maximum absolute atomic E-state index is 13.6. The third-order valence-corrected chi connectivity index (χ3v) is 5.36. The molecular weight excluding hydrogens is 345 g/mol. The molecule has 6 nitrogen and oxygen atoms in total. The zero-order chi connectivity index (χ0) is 18.5. The summed E-state index contributed by atoms with van der Waals surface area (Å²) in [5.74, 6) is 0.580. The lowest BCUT2D eigenvalue weighted by molar-refractivity contribution is 0.360. The van der Waals surface area contributed by atoms with Crippen LogP contribution in [-0.2, 0) is 0 Å². The van der Waals surface area contributed by atoms with E-state index in [1.165, 1.54) is 12.1 Å². The number of fused-ring (bicyclic) bond motifs is 5. The van der Waals surface area contributed by atoms with Gasteiger partial charge in [0.2, 0.25) is 0 Å². The fourth-order valence-corrected chi connectivity index (χ4v) is 3.93. The number of nitrogens with zero attached hydrogens (tertiary/aromatic N) is 4. The van der Waals surface area contributed by atoms with Crippen LogP contribution in [0.25, 0.3) is 27.6 Å². The Kier molecular flexibility index (Phi) is 3.65. The zero-order valence-electron chi connectivity index (χ0n) is 15.1. The molecule has 0 amide bonds. The average Bonchev–Trinajstić information content (AvgIpc) is 2.90. The standard InChI is InChI=1S/C20H20FN5O/c1-24-7-2-8-25(10-9-24)18-6-4-15-19(23-18)26-16-5-3-14(21)11-13(16)12-17(26)20(27)22-15/h3-6,11-12H,2,7-10H2,1H3,(H,22,27). The van der Waals surface area contributed by atoms with E-state index in [2.05, 4.69) is 21.8 Å². The first-order chi connectivity index (χ1) is 13.1. The maximum atomic E-state index is 13.6. The van der Waals surface area contributed by atoms with E-state index in [9.17, 15) is 9.18 Å². The third-order valence-electron chi connectivity index (χ3n) is 5.36. The summed E-state index contributed by atoms with van der Waals surface area (Å²) in [6.45, 7) is 3.94. The van der Waals surface area contributed by atoms with E-state index >= 15 is 0 Å². The molecule has 0 spiro atoms. The average molecular weight is 365 g/mol. The van der Waals surface area contributed by atoms with Crippen LogP contribution in [0.2, 0.25) is 0 Å². The van der Waals surface area contributed by atoms with Crippen LogP contribution in [0.15, 0.2) is 41.2 Å². The van der Waals surface area contributed by atoms with Gasteiger partial charge in [0.25, 0.3) is 5.56 Å². The molecule has 1 fully saturated rings. The molecule has 4 aromatic rings. The number of hydrogen-bond donors (Lipinski definition) is 1. The first-order valence-electron chi connectivity index (χ1n) is 9.17. The second-order valence-electron chi connectivity index (χ2n) is 7.21. The molecule has 4 heterocycles. The van der Waals surface area contributed by atoms with Gasteiger partial charge in [-0.05, 0) is 56.4 Å². The zero-order valence-corrected chi connectivity index (χ0v) is 15.1. The van der Waals surface area contributed by atoms with Gasteiger partial charge in [-0.3, -0.25) is 9.20 Å². The van der Waals surface area contributed by atoms with Gasteiger partial charge in [0.05, 0.1) is 11.0 Å². The highest BCUT2D eigenvalue weighted by atomic mass is 19.1. The summed E-state index contributed by atoms with van der Waals surface area (Å²) in [6.07, 6.45) is 1.09. The number of aromatic nitrogens is 3. The van der Waals surface area contributed by atoms with Gasteiger partial charge < -0.3 is 14.8 Å². The Hall–Kier alpha value is -2.93. The van der Waals surface area contributed by atoms with E-state index in [1.54, 1.807) is 12.1 Å². The first-order valence-corrected chi connectivity index (χ1v) is 9.17. The normalized spacial score (nSPS) is 16.4. The van der Waals surface area contributed by atoms with Gasteiger partial charge in [-0.15, -0.1) is 0 Å². The number of pyridine rings is 1. The summed E-state index contributed by atoms with van der Waals surface area (Å²) in [7, 11) is 2.14. The van der Waals surface area contributed by atoms with Crippen molar-refractivity contribution in [2.24, 2.45) is 0 Å². The van der Waals surface area contributed by atoms with Crippen molar-refractivity contribution in [3.05, 3.63) is 52.6 Å². The highest BCUT2D eigenvalue weighted by Crippen LogP contribution is 2.24.